The van der Waals surface area contributed by atoms with E-state index in [0.29, 0.717) is 34.8 Å². The molecule has 75 heavy (non-hydrogen) atoms. The summed E-state index contributed by atoms with van der Waals surface area (Å²) in [6.45, 7) is 3.04. The lowest BCUT2D eigenvalue weighted by Gasteiger charge is -2.26. The van der Waals surface area contributed by atoms with Crippen LogP contribution in [0.4, 0.5) is 26.3 Å². The van der Waals surface area contributed by atoms with Crippen molar-refractivity contribution in [3.8, 4) is 93.5 Å². The van der Waals surface area contributed by atoms with Gasteiger partial charge in [-0.25, -0.2) is 0 Å². The predicted molar refractivity (Wildman–Crippen MR) is 309 cm³/mol. The molecule has 11 aromatic rings. The van der Waals surface area contributed by atoms with Gasteiger partial charge in [0.25, 0.3) is 0 Å². The van der Waals surface area contributed by atoms with Crippen molar-refractivity contribution in [2.24, 2.45) is 0 Å². The minimum Gasteiger partial charge on any atom is -0.487 e. The van der Waals surface area contributed by atoms with Crippen LogP contribution < -0.4 is 4.74 Å². The number of thiophene rings is 10. The lowest BCUT2D eigenvalue weighted by molar-refractivity contribution is -0.254. The molecule has 0 amide bonds. The minimum absolute atomic E-state index is 0.125. The number of methoxy groups -OCH3 is 1. The van der Waals surface area contributed by atoms with Gasteiger partial charge in [0.1, 0.15) is 0 Å². The first kappa shape index (κ1) is 50.5. The molecule has 376 valence electrons. The van der Waals surface area contributed by atoms with Gasteiger partial charge in [0.15, 0.2) is 17.6 Å². The Balaban J connectivity index is 0.988. The second-order valence-electron chi connectivity index (χ2n) is 17.1. The summed E-state index contributed by atoms with van der Waals surface area (Å²) in [6, 6.07) is 39.7. The van der Waals surface area contributed by atoms with Gasteiger partial charge in [0.05, 0.1) is 21.7 Å². The number of hydrogen-bond acceptors (Lipinski definition) is 13. The third kappa shape index (κ3) is 8.40. The van der Waals surface area contributed by atoms with E-state index >= 15 is 26.3 Å². The number of carbonyl (C=O) groups is 2. The molecule has 0 spiro atoms. The van der Waals surface area contributed by atoms with Crippen molar-refractivity contribution in [3.05, 3.63) is 159 Å². The van der Waals surface area contributed by atoms with E-state index in [1.54, 1.807) is 89.5 Å². The van der Waals surface area contributed by atoms with Crippen molar-refractivity contribution in [1.82, 2.24) is 0 Å². The molecule has 0 bridgehead atoms. The van der Waals surface area contributed by atoms with Gasteiger partial charge in [0, 0.05) is 100 Å². The maximum Gasteiger partial charge on any atom is 0.380 e. The number of carbonyl (C=O) groups excluding carboxylic acids is 2. The van der Waals surface area contributed by atoms with Gasteiger partial charge in [0.2, 0.25) is 0 Å². The third-order valence-electron chi connectivity index (χ3n) is 12.7. The highest BCUT2D eigenvalue weighted by atomic mass is 32.1. The van der Waals surface area contributed by atoms with Crippen LogP contribution in [0.5, 0.6) is 5.06 Å². The molecule has 0 atom stereocenters. The number of allylic oxidation sites excluding steroid dienone is 2. The van der Waals surface area contributed by atoms with Crippen LogP contribution >= 0.6 is 113 Å². The number of aldehydes is 2. The standard InChI is InChI=1S/C56H32F6O3S10/c1-27-46(48-49(55(59,60)56(61,62)54(48,57)58)47-28(2)50(75-53(47)65-3)29-7-5-4-6-8-29)52(45-24-22-43(73-45)41-20-18-39(71-41)37-16-14-35(69-37)33-12-10-31(26-64)67-33)74-51(27)44-23-21-42(72-44)40-19-17-38(70-40)36-15-13-34(68-36)32-11-9-30(25-63)66-32/h4-26H,1-3H3. The minimum atomic E-state index is -5.81. The van der Waals surface area contributed by atoms with E-state index in [4.69, 9.17) is 4.74 Å². The average molecular weight is 1190 g/mol. The van der Waals surface area contributed by atoms with Crippen LogP contribution in [-0.2, 0) is 0 Å². The highest BCUT2D eigenvalue weighted by Crippen LogP contribution is 2.69. The molecule has 0 fully saturated rings. The average Bonchev–Trinajstić information content (AvgIpc) is 4.29. The van der Waals surface area contributed by atoms with Gasteiger partial charge < -0.3 is 4.74 Å². The fourth-order valence-corrected chi connectivity index (χ4v) is 20.0. The van der Waals surface area contributed by atoms with E-state index in [2.05, 4.69) is 0 Å². The molecule has 10 aromatic heterocycles. The zero-order chi connectivity index (χ0) is 52.1. The smallest absolute Gasteiger partial charge is 0.380 e. The molecular weight excluding hydrogens is 1160 g/mol. The van der Waals surface area contributed by atoms with Gasteiger partial charge >= 0.3 is 17.8 Å². The molecule has 0 unspecified atom stereocenters. The third-order valence-corrected chi connectivity index (χ3v) is 25.3. The molecule has 0 radical (unpaired) electrons. The van der Waals surface area contributed by atoms with E-state index in [1.807, 2.05) is 78.9 Å². The van der Waals surface area contributed by atoms with Crippen LogP contribution in [0, 0.1) is 13.8 Å². The summed E-state index contributed by atoms with van der Waals surface area (Å²) in [5.74, 6) is -16.5. The summed E-state index contributed by atoms with van der Waals surface area (Å²) in [4.78, 5) is 37.8. The summed E-state index contributed by atoms with van der Waals surface area (Å²) in [5.41, 5.74) is -2.79. The van der Waals surface area contributed by atoms with Crippen LogP contribution in [0.3, 0.4) is 0 Å². The van der Waals surface area contributed by atoms with Crippen molar-refractivity contribution in [3.63, 3.8) is 0 Å². The van der Waals surface area contributed by atoms with Gasteiger partial charge in [-0.3, -0.25) is 9.59 Å². The molecule has 3 nitrogen and oxygen atoms in total. The number of ether oxygens (including phenoxy) is 1. The quantitative estimate of drug-likeness (QED) is 0.0805. The molecule has 1 aliphatic carbocycles. The summed E-state index contributed by atoms with van der Waals surface area (Å²) in [7, 11) is 1.22. The van der Waals surface area contributed by atoms with E-state index in [9.17, 15) is 9.59 Å². The van der Waals surface area contributed by atoms with Crippen LogP contribution in [0.25, 0.3) is 99.6 Å². The lowest BCUT2D eigenvalue weighted by atomic mass is 9.90. The van der Waals surface area contributed by atoms with Crippen LogP contribution in [0.1, 0.15) is 41.6 Å². The molecule has 0 aliphatic heterocycles. The zero-order valence-corrected chi connectivity index (χ0v) is 47.0. The Morgan fingerprint density at radius 2 is 0.707 bits per heavy atom. The molecule has 1 aromatic carbocycles. The maximum absolute atomic E-state index is 17.2. The van der Waals surface area contributed by atoms with Crippen molar-refractivity contribution < 1.29 is 40.7 Å². The second-order valence-corrected chi connectivity index (χ2v) is 27.9. The summed E-state index contributed by atoms with van der Waals surface area (Å²) in [6.07, 6.45) is 1.67. The Morgan fingerprint density at radius 1 is 0.373 bits per heavy atom. The van der Waals surface area contributed by atoms with Gasteiger partial charge in [-0.2, -0.15) is 26.3 Å². The Morgan fingerprint density at radius 3 is 1.09 bits per heavy atom. The highest BCUT2D eigenvalue weighted by Gasteiger charge is 2.81. The zero-order valence-electron chi connectivity index (χ0n) is 38.9. The fraction of sp³-hybridized carbons (Fsp3) is 0.107. The molecule has 0 saturated heterocycles. The summed E-state index contributed by atoms with van der Waals surface area (Å²) < 4.78 is 107. The Bertz CT molecular complexity index is 4020. The van der Waals surface area contributed by atoms with Crippen LogP contribution in [0.15, 0.2) is 127 Å². The van der Waals surface area contributed by atoms with Crippen molar-refractivity contribution >= 4 is 137 Å². The molecule has 0 saturated carbocycles. The van der Waals surface area contributed by atoms with E-state index < -0.39 is 34.5 Å². The maximum atomic E-state index is 17.2. The number of hydrogen-bond donors (Lipinski definition) is 0. The molecular formula is C56H32F6O3S10. The van der Waals surface area contributed by atoms with Gasteiger partial charge in [-0.05, 0) is 128 Å². The number of halogens is 6. The van der Waals surface area contributed by atoms with Gasteiger partial charge in [-0.1, -0.05) is 41.7 Å². The van der Waals surface area contributed by atoms with Crippen LogP contribution in [0.2, 0.25) is 0 Å². The SMILES string of the molecule is COc1sc(-c2ccccc2)c(C)c1C1=C(c2c(-c3ccc(-c4ccc(-c5ccc(-c6ccc(C=O)s6)s5)s4)s3)sc(-c3ccc(-c4ccc(-c5ccc(-c6ccc(C=O)s6)s5)s4)s3)c2C)C(F)(F)C(F)(F)C1(F)F. The molecule has 1 aliphatic rings. The van der Waals surface area contributed by atoms with Crippen LogP contribution in [-0.4, -0.2) is 37.4 Å². The Labute approximate surface area is 465 Å². The number of alkyl halides is 6. The monoisotopic (exact) mass is 1190 g/mol. The lowest BCUT2D eigenvalue weighted by Crippen LogP contribution is -2.49. The fourth-order valence-electron chi connectivity index (χ4n) is 9.09. The predicted octanol–water partition coefficient (Wildman–Crippen LogP) is 21.4. The van der Waals surface area contributed by atoms with E-state index in [0.717, 1.165) is 93.8 Å². The summed E-state index contributed by atoms with van der Waals surface area (Å²) >= 11 is 13.9. The first-order chi connectivity index (χ1) is 36.1. The topological polar surface area (TPSA) is 43.4 Å². The molecule has 10 heterocycles. The second kappa shape index (κ2) is 19.3. The first-order valence-electron chi connectivity index (χ1n) is 22.6. The molecule has 12 rings (SSSR count). The molecule has 0 N–H and O–H groups in total. The van der Waals surface area contributed by atoms with E-state index in [1.165, 1.54) is 70.7 Å². The Hall–Kier alpha value is -5.32. The number of benzene rings is 1. The van der Waals surface area contributed by atoms with Gasteiger partial charge in [-0.15, -0.1) is 102 Å². The Kier molecular flexibility index (Phi) is 13.0. The highest BCUT2D eigenvalue weighted by molar-refractivity contribution is 7.32. The first-order valence-corrected chi connectivity index (χ1v) is 30.7. The van der Waals surface area contributed by atoms with Crippen molar-refractivity contribution in [2.75, 3.05) is 7.11 Å². The summed E-state index contributed by atoms with van der Waals surface area (Å²) in [5, 5.41) is -0.178. The van der Waals surface area contributed by atoms with Crippen molar-refractivity contribution in [1.29, 1.82) is 0 Å². The largest absolute Gasteiger partial charge is 0.487 e. The van der Waals surface area contributed by atoms with E-state index in [-0.39, 0.29) is 26.6 Å². The normalized spacial score (nSPS) is 14.8. The molecule has 19 heteroatoms. The van der Waals surface area contributed by atoms with Crippen molar-refractivity contribution in [2.45, 2.75) is 31.6 Å². The number of rotatable bonds is 14.